The van der Waals surface area contributed by atoms with E-state index < -0.39 is 0 Å². The van der Waals surface area contributed by atoms with Gasteiger partial charge in [-0.3, -0.25) is 4.90 Å². The molecule has 23 heavy (non-hydrogen) atoms. The largest absolute Gasteiger partial charge is 0.370 e. The minimum Gasteiger partial charge on any atom is -0.370 e. The molecule has 2 heterocycles. The Hall–Kier alpha value is -1.87. The highest BCUT2D eigenvalue weighted by Gasteiger charge is 2.24. The van der Waals surface area contributed by atoms with Crippen LogP contribution in [0.3, 0.4) is 0 Å². The number of rotatable bonds is 6. The van der Waals surface area contributed by atoms with Gasteiger partial charge in [0.2, 0.25) is 0 Å². The lowest BCUT2D eigenvalue weighted by Crippen LogP contribution is -2.33. The Balaban J connectivity index is 1.70. The van der Waals surface area contributed by atoms with Gasteiger partial charge in [-0.1, -0.05) is 49.7 Å². The monoisotopic (exact) mass is 309 g/mol. The molecular formula is C20H27N3. The summed E-state index contributed by atoms with van der Waals surface area (Å²) in [6.07, 6.45) is 7.03. The molecule has 1 N–H and O–H groups in total. The summed E-state index contributed by atoms with van der Waals surface area (Å²) in [4.78, 5) is 7.20. The van der Waals surface area contributed by atoms with E-state index in [0.29, 0.717) is 6.04 Å². The number of nitrogens with zero attached hydrogens (tertiary/aromatic N) is 2. The molecule has 3 heteroatoms. The van der Waals surface area contributed by atoms with E-state index >= 15 is 0 Å². The van der Waals surface area contributed by atoms with Gasteiger partial charge in [-0.25, -0.2) is 4.98 Å². The van der Waals surface area contributed by atoms with Gasteiger partial charge in [-0.2, -0.15) is 0 Å². The van der Waals surface area contributed by atoms with Crippen molar-refractivity contribution in [1.82, 2.24) is 9.88 Å². The lowest BCUT2D eigenvalue weighted by Gasteiger charge is -2.36. The van der Waals surface area contributed by atoms with Gasteiger partial charge >= 0.3 is 0 Å². The van der Waals surface area contributed by atoms with E-state index in [1.54, 1.807) is 0 Å². The van der Waals surface area contributed by atoms with Crippen molar-refractivity contribution in [3.05, 3.63) is 59.8 Å². The van der Waals surface area contributed by atoms with Crippen molar-refractivity contribution in [2.45, 2.75) is 45.2 Å². The molecule has 122 valence electrons. The summed E-state index contributed by atoms with van der Waals surface area (Å²) < 4.78 is 0. The van der Waals surface area contributed by atoms with Crippen LogP contribution in [0.1, 0.15) is 49.8 Å². The summed E-state index contributed by atoms with van der Waals surface area (Å²) in [5.74, 6) is 0.987. The van der Waals surface area contributed by atoms with E-state index in [4.69, 9.17) is 0 Å². The number of aromatic nitrogens is 1. The number of likely N-dealkylation sites (tertiary alicyclic amines) is 1. The first-order chi connectivity index (χ1) is 11.4. The van der Waals surface area contributed by atoms with Gasteiger partial charge < -0.3 is 5.32 Å². The van der Waals surface area contributed by atoms with E-state index in [1.165, 1.54) is 36.9 Å². The molecule has 0 amide bonds. The van der Waals surface area contributed by atoms with Crippen LogP contribution in [0, 0.1) is 0 Å². The third-order valence-corrected chi connectivity index (χ3v) is 4.57. The fraction of sp³-hybridized carbons (Fsp3) is 0.450. The average Bonchev–Trinajstić information content (AvgIpc) is 2.62. The fourth-order valence-corrected chi connectivity index (χ4v) is 3.34. The Labute approximate surface area is 139 Å². The first-order valence-electron chi connectivity index (χ1n) is 8.84. The van der Waals surface area contributed by atoms with E-state index in [1.807, 2.05) is 0 Å². The third kappa shape index (κ3) is 4.32. The van der Waals surface area contributed by atoms with Gasteiger partial charge in [0, 0.05) is 25.3 Å². The van der Waals surface area contributed by atoms with Gasteiger partial charge in [0.05, 0.1) is 0 Å². The summed E-state index contributed by atoms with van der Waals surface area (Å²) in [5.41, 5.74) is 2.75. The quantitative estimate of drug-likeness (QED) is 0.843. The standard InChI is InChI=1S/C20H27N3/c1-2-13-21-20-12-11-18(15-22-20)19-10-6-7-14-23(19)16-17-8-4-3-5-9-17/h3-5,8-9,11-12,15,19H,2,6-7,10,13-14,16H2,1H3,(H,21,22). The molecule has 1 atom stereocenters. The molecule has 1 aromatic carbocycles. The second-order valence-corrected chi connectivity index (χ2v) is 6.37. The second kappa shape index (κ2) is 8.11. The number of hydrogen-bond donors (Lipinski definition) is 1. The zero-order valence-electron chi connectivity index (χ0n) is 14.0. The fourth-order valence-electron chi connectivity index (χ4n) is 3.34. The van der Waals surface area contributed by atoms with E-state index in [2.05, 4.69) is 70.8 Å². The lowest BCUT2D eigenvalue weighted by atomic mass is 9.95. The Morgan fingerprint density at radius 1 is 1.13 bits per heavy atom. The smallest absolute Gasteiger partial charge is 0.125 e. The zero-order valence-corrected chi connectivity index (χ0v) is 14.0. The van der Waals surface area contributed by atoms with E-state index in [0.717, 1.165) is 25.3 Å². The maximum Gasteiger partial charge on any atom is 0.125 e. The molecule has 0 bridgehead atoms. The summed E-state index contributed by atoms with van der Waals surface area (Å²) in [7, 11) is 0. The Morgan fingerprint density at radius 2 is 2.00 bits per heavy atom. The molecule has 0 spiro atoms. The number of nitrogens with one attached hydrogen (secondary N) is 1. The number of piperidine rings is 1. The first kappa shape index (κ1) is 16.0. The van der Waals surface area contributed by atoms with E-state index in [-0.39, 0.29) is 0 Å². The first-order valence-corrected chi connectivity index (χ1v) is 8.84. The van der Waals surface area contributed by atoms with Crippen LogP contribution in [0.15, 0.2) is 48.7 Å². The van der Waals surface area contributed by atoms with E-state index in [9.17, 15) is 0 Å². The summed E-state index contributed by atoms with van der Waals surface area (Å²) in [6.45, 7) is 5.36. The molecule has 1 aliphatic rings. The maximum absolute atomic E-state index is 4.60. The normalized spacial score (nSPS) is 18.7. The highest BCUT2D eigenvalue weighted by molar-refractivity contribution is 5.36. The summed E-state index contributed by atoms with van der Waals surface area (Å²) >= 11 is 0. The van der Waals surface area contributed by atoms with Crippen LogP contribution in [0.25, 0.3) is 0 Å². The maximum atomic E-state index is 4.60. The highest BCUT2D eigenvalue weighted by Crippen LogP contribution is 2.32. The molecule has 2 aromatic rings. The van der Waals surface area contributed by atoms with Crippen molar-refractivity contribution in [2.75, 3.05) is 18.4 Å². The van der Waals surface area contributed by atoms with Gasteiger partial charge in [-0.05, 0) is 43.0 Å². The predicted octanol–water partition coefficient (Wildman–Crippen LogP) is 4.63. The van der Waals surface area contributed by atoms with Crippen LogP contribution in [0.2, 0.25) is 0 Å². The number of anilines is 1. The molecule has 3 nitrogen and oxygen atoms in total. The summed E-state index contributed by atoms with van der Waals surface area (Å²) in [5, 5.41) is 3.35. The number of benzene rings is 1. The number of hydrogen-bond acceptors (Lipinski definition) is 3. The van der Waals surface area contributed by atoms with Gasteiger partial charge in [0.1, 0.15) is 5.82 Å². The van der Waals surface area contributed by atoms with Crippen molar-refractivity contribution in [3.63, 3.8) is 0 Å². The Kier molecular flexibility index (Phi) is 5.65. The topological polar surface area (TPSA) is 28.2 Å². The molecule has 0 saturated carbocycles. The van der Waals surface area contributed by atoms with Crippen LogP contribution in [0.5, 0.6) is 0 Å². The van der Waals surface area contributed by atoms with Gasteiger partial charge in [0.25, 0.3) is 0 Å². The summed E-state index contributed by atoms with van der Waals surface area (Å²) in [6, 6.07) is 15.7. The second-order valence-electron chi connectivity index (χ2n) is 6.37. The van der Waals surface area contributed by atoms with Gasteiger partial charge in [-0.15, -0.1) is 0 Å². The SMILES string of the molecule is CCCNc1ccc(C2CCCCN2Cc2ccccc2)cn1. The third-order valence-electron chi connectivity index (χ3n) is 4.57. The Bertz CT molecular complexity index is 580. The molecule has 1 saturated heterocycles. The van der Waals surface area contributed by atoms with Crippen LogP contribution in [-0.4, -0.2) is 23.0 Å². The van der Waals surface area contributed by atoms with Crippen molar-refractivity contribution in [2.24, 2.45) is 0 Å². The molecule has 1 unspecified atom stereocenters. The zero-order chi connectivity index (χ0) is 15.9. The van der Waals surface area contributed by atoms with Crippen molar-refractivity contribution in [3.8, 4) is 0 Å². The number of pyridine rings is 1. The minimum atomic E-state index is 0.497. The van der Waals surface area contributed by atoms with Crippen LogP contribution < -0.4 is 5.32 Å². The molecule has 1 aliphatic heterocycles. The molecule has 0 radical (unpaired) electrons. The van der Waals surface area contributed by atoms with Crippen molar-refractivity contribution < 1.29 is 0 Å². The average molecular weight is 309 g/mol. The van der Waals surface area contributed by atoms with Crippen LogP contribution >= 0.6 is 0 Å². The molecule has 1 fully saturated rings. The highest BCUT2D eigenvalue weighted by atomic mass is 15.2. The minimum absolute atomic E-state index is 0.497. The Morgan fingerprint density at radius 3 is 2.74 bits per heavy atom. The molecule has 0 aliphatic carbocycles. The molecule has 1 aromatic heterocycles. The molecular weight excluding hydrogens is 282 g/mol. The van der Waals surface area contributed by atoms with Crippen LogP contribution in [0.4, 0.5) is 5.82 Å². The van der Waals surface area contributed by atoms with Gasteiger partial charge in [0.15, 0.2) is 0 Å². The van der Waals surface area contributed by atoms with Crippen molar-refractivity contribution >= 4 is 5.82 Å². The molecule has 3 rings (SSSR count). The predicted molar refractivity (Wildman–Crippen MR) is 96.5 cm³/mol. The van der Waals surface area contributed by atoms with Crippen LogP contribution in [-0.2, 0) is 6.54 Å². The van der Waals surface area contributed by atoms with Crippen molar-refractivity contribution in [1.29, 1.82) is 0 Å². The lowest BCUT2D eigenvalue weighted by molar-refractivity contribution is 0.140.